The quantitative estimate of drug-likeness (QED) is 0.694. The predicted octanol–water partition coefficient (Wildman–Crippen LogP) is 3.19. The number of nitriles is 1. The lowest BCUT2D eigenvalue weighted by atomic mass is 9.82. The first-order chi connectivity index (χ1) is 7.21. The molecule has 0 aromatic carbocycles. The zero-order valence-electron chi connectivity index (χ0n) is 10.4. The van der Waals surface area contributed by atoms with Gasteiger partial charge >= 0.3 is 0 Å². The van der Waals surface area contributed by atoms with Crippen molar-refractivity contribution < 1.29 is 0 Å². The first kappa shape index (κ1) is 12.5. The Morgan fingerprint density at radius 1 is 1.33 bits per heavy atom. The van der Waals surface area contributed by atoms with Crippen LogP contribution in [0.5, 0.6) is 0 Å². The van der Waals surface area contributed by atoms with Crippen LogP contribution in [0.15, 0.2) is 0 Å². The number of hydrogen-bond acceptors (Lipinski definition) is 2. The molecule has 1 aliphatic heterocycles. The molecular formula is C13H24N2. The zero-order valence-corrected chi connectivity index (χ0v) is 10.4. The maximum Gasteiger partial charge on any atom is 0.0638 e. The highest BCUT2D eigenvalue weighted by molar-refractivity contribution is 4.92. The molecule has 0 spiro atoms. The number of rotatable bonds is 5. The second-order valence-electron chi connectivity index (χ2n) is 4.85. The molecule has 0 N–H and O–H groups in total. The van der Waals surface area contributed by atoms with Crippen LogP contribution in [0.2, 0.25) is 0 Å². The van der Waals surface area contributed by atoms with Crippen LogP contribution in [0, 0.1) is 16.7 Å². The van der Waals surface area contributed by atoms with Crippen LogP contribution in [0.4, 0.5) is 0 Å². The minimum absolute atomic E-state index is 0.495. The molecule has 2 heteroatoms. The first-order valence-corrected chi connectivity index (χ1v) is 6.32. The highest BCUT2D eigenvalue weighted by Gasteiger charge is 2.36. The lowest BCUT2D eigenvalue weighted by molar-refractivity contribution is 0.191. The monoisotopic (exact) mass is 208 g/mol. The number of likely N-dealkylation sites (tertiary alicyclic amines) is 1. The molecule has 1 heterocycles. The van der Waals surface area contributed by atoms with E-state index in [4.69, 9.17) is 5.26 Å². The molecule has 86 valence electrons. The Kier molecular flexibility index (Phi) is 4.60. The molecule has 0 amide bonds. The Bertz CT molecular complexity index is 225. The Labute approximate surface area is 94.3 Å². The summed E-state index contributed by atoms with van der Waals surface area (Å²) in [6.45, 7) is 9.21. The molecule has 0 bridgehead atoms. The van der Waals surface area contributed by atoms with Gasteiger partial charge in [0.1, 0.15) is 0 Å². The van der Waals surface area contributed by atoms with Gasteiger partial charge in [-0.15, -0.1) is 0 Å². The first-order valence-electron chi connectivity index (χ1n) is 6.32. The van der Waals surface area contributed by atoms with Gasteiger partial charge in [0.15, 0.2) is 0 Å². The number of nitrogens with zero attached hydrogens (tertiary/aromatic N) is 2. The summed E-state index contributed by atoms with van der Waals surface area (Å²) in [4.78, 5) is 2.54. The average molecular weight is 208 g/mol. The van der Waals surface area contributed by atoms with E-state index in [-0.39, 0.29) is 0 Å². The SMILES string of the molecule is CCC(CC#N)N1CCC(CC)(CC)C1. The molecule has 0 saturated carbocycles. The van der Waals surface area contributed by atoms with Gasteiger partial charge < -0.3 is 0 Å². The molecule has 0 aromatic heterocycles. The second kappa shape index (κ2) is 5.51. The van der Waals surface area contributed by atoms with Crippen molar-refractivity contribution in [1.29, 1.82) is 5.26 Å². The van der Waals surface area contributed by atoms with Gasteiger partial charge in [-0.1, -0.05) is 20.8 Å². The van der Waals surface area contributed by atoms with E-state index in [0.29, 0.717) is 17.9 Å². The average Bonchev–Trinajstić information content (AvgIpc) is 2.71. The molecule has 15 heavy (non-hydrogen) atoms. The van der Waals surface area contributed by atoms with Crippen LogP contribution in [0.1, 0.15) is 52.9 Å². The third-order valence-corrected chi connectivity index (χ3v) is 4.28. The van der Waals surface area contributed by atoms with Crippen molar-refractivity contribution in [2.24, 2.45) is 5.41 Å². The molecule has 1 atom stereocenters. The fraction of sp³-hybridized carbons (Fsp3) is 0.923. The van der Waals surface area contributed by atoms with Crippen molar-refractivity contribution in [1.82, 2.24) is 4.90 Å². The highest BCUT2D eigenvalue weighted by atomic mass is 15.2. The molecular weight excluding hydrogens is 184 g/mol. The van der Waals surface area contributed by atoms with Crippen molar-refractivity contribution >= 4 is 0 Å². The van der Waals surface area contributed by atoms with Gasteiger partial charge in [0.2, 0.25) is 0 Å². The van der Waals surface area contributed by atoms with Crippen LogP contribution in [-0.2, 0) is 0 Å². The van der Waals surface area contributed by atoms with E-state index < -0.39 is 0 Å². The summed E-state index contributed by atoms with van der Waals surface area (Å²) in [6, 6.07) is 2.81. The van der Waals surface area contributed by atoms with E-state index in [1.54, 1.807) is 0 Å². The van der Waals surface area contributed by atoms with Gasteiger partial charge in [0.05, 0.1) is 12.5 Å². The zero-order chi connectivity index (χ0) is 11.3. The predicted molar refractivity (Wildman–Crippen MR) is 63.5 cm³/mol. The summed E-state index contributed by atoms with van der Waals surface area (Å²) in [6.07, 6.45) is 5.69. The normalized spacial score (nSPS) is 22.5. The third-order valence-electron chi connectivity index (χ3n) is 4.28. The van der Waals surface area contributed by atoms with Gasteiger partial charge in [0.25, 0.3) is 0 Å². The van der Waals surface area contributed by atoms with E-state index in [2.05, 4.69) is 31.7 Å². The van der Waals surface area contributed by atoms with E-state index in [1.165, 1.54) is 32.4 Å². The van der Waals surface area contributed by atoms with Crippen molar-refractivity contribution in [2.75, 3.05) is 13.1 Å². The van der Waals surface area contributed by atoms with Crippen molar-refractivity contribution in [2.45, 2.75) is 58.9 Å². The van der Waals surface area contributed by atoms with E-state index in [1.807, 2.05) is 0 Å². The standard InChI is InChI=1S/C13H24N2/c1-4-12(7-9-14)15-10-8-13(5-2,6-3)11-15/h12H,4-8,10-11H2,1-3H3. The van der Waals surface area contributed by atoms with Crippen molar-refractivity contribution in [3.63, 3.8) is 0 Å². The molecule has 2 nitrogen and oxygen atoms in total. The lowest BCUT2D eigenvalue weighted by Gasteiger charge is -2.29. The topological polar surface area (TPSA) is 27.0 Å². The summed E-state index contributed by atoms with van der Waals surface area (Å²) < 4.78 is 0. The highest BCUT2D eigenvalue weighted by Crippen LogP contribution is 2.38. The molecule has 0 aliphatic carbocycles. The van der Waals surface area contributed by atoms with Crippen LogP contribution < -0.4 is 0 Å². The van der Waals surface area contributed by atoms with E-state index in [9.17, 15) is 0 Å². The summed E-state index contributed by atoms with van der Waals surface area (Å²) >= 11 is 0. The maximum absolute atomic E-state index is 8.80. The fourth-order valence-corrected chi connectivity index (χ4v) is 2.75. The molecule has 1 aliphatic rings. The van der Waals surface area contributed by atoms with Crippen LogP contribution in [0.3, 0.4) is 0 Å². The Hall–Kier alpha value is -0.550. The summed E-state index contributed by atoms with van der Waals surface area (Å²) in [7, 11) is 0. The van der Waals surface area contributed by atoms with Gasteiger partial charge in [0, 0.05) is 12.6 Å². The molecule has 1 saturated heterocycles. The summed E-state index contributed by atoms with van der Waals surface area (Å²) in [5, 5.41) is 8.80. The molecule has 1 fully saturated rings. The Morgan fingerprint density at radius 2 is 2.00 bits per heavy atom. The largest absolute Gasteiger partial charge is 0.299 e. The van der Waals surface area contributed by atoms with Gasteiger partial charge in [-0.25, -0.2) is 0 Å². The van der Waals surface area contributed by atoms with Crippen molar-refractivity contribution in [3.05, 3.63) is 0 Å². The molecule has 1 unspecified atom stereocenters. The minimum atomic E-state index is 0.495. The van der Waals surface area contributed by atoms with Gasteiger partial charge in [-0.3, -0.25) is 4.90 Å². The van der Waals surface area contributed by atoms with Gasteiger partial charge in [-0.2, -0.15) is 5.26 Å². The van der Waals surface area contributed by atoms with Gasteiger partial charge in [-0.05, 0) is 37.6 Å². The van der Waals surface area contributed by atoms with Crippen LogP contribution in [-0.4, -0.2) is 24.0 Å². The summed E-state index contributed by atoms with van der Waals surface area (Å²) in [5.74, 6) is 0. The Balaban J connectivity index is 2.57. The lowest BCUT2D eigenvalue weighted by Crippen LogP contribution is -2.34. The van der Waals surface area contributed by atoms with E-state index in [0.717, 1.165) is 6.42 Å². The summed E-state index contributed by atoms with van der Waals surface area (Å²) in [5.41, 5.74) is 0.545. The second-order valence-corrected chi connectivity index (χ2v) is 4.85. The molecule has 0 aromatic rings. The molecule has 0 radical (unpaired) electrons. The van der Waals surface area contributed by atoms with Crippen LogP contribution in [0.25, 0.3) is 0 Å². The smallest absolute Gasteiger partial charge is 0.0638 e. The van der Waals surface area contributed by atoms with Crippen molar-refractivity contribution in [3.8, 4) is 6.07 Å². The van der Waals surface area contributed by atoms with E-state index >= 15 is 0 Å². The van der Waals surface area contributed by atoms with Crippen LogP contribution >= 0.6 is 0 Å². The number of hydrogen-bond donors (Lipinski definition) is 0. The fourth-order valence-electron chi connectivity index (χ4n) is 2.75. The Morgan fingerprint density at radius 3 is 2.40 bits per heavy atom. The third kappa shape index (κ3) is 2.72. The molecule has 1 rings (SSSR count). The minimum Gasteiger partial charge on any atom is -0.299 e. The maximum atomic E-state index is 8.80.